The molecule has 0 saturated heterocycles. The van der Waals surface area contributed by atoms with E-state index in [9.17, 15) is 9.59 Å². The highest BCUT2D eigenvalue weighted by atomic mass is 16.7. The van der Waals surface area contributed by atoms with Crippen LogP contribution in [0.15, 0.2) is 11.1 Å². The Morgan fingerprint density at radius 1 is 1.59 bits per heavy atom. The van der Waals surface area contributed by atoms with Crippen LogP contribution in [0.5, 0.6) is 0 Å². The number of carbonyl (C=O) groups is 1. The molecule has 4 N–H and O–H groups in total. The number of imidazole rings is 1. The number of aromatic amines is 1. The van der Waals surface area contributed by atoms with Crippen molar-refractivity contribution in [3.8, 4) is 0 Å². The molecule has 0 aromatic carbocycles. The van der Waals surface area contributed by atoms with Crippen molar-refractivity contribution in [3.05, 3.63) is 16.7 Å². The summed E-state index contributed by atoms with van der Waals surface area (Å²) in [5.74, 6) is -0.0491. The summed E-state index contributed by atoms with van der Waals surface area (Å²) in [5.41, 5.74) is 5.36. The van der Waals surface area contributed by atoms with Gasteiger partial charge in [0.15, 0.2) is 11.2 Å². The molecular formula is C11H15N5O6. The maximum absolute atomic E-state index is 11.6. The van der Waals surface area contributed by atoms with Gasteiger partial charge in [0, 0.05) is 0 Å². The molecule has 120 valence electrons. The first-order chi connectivity index (χ1) is 10.5. The molecule has 11 heteroatoms. The van der Waals surface area contributed by atoms with E-state index in [1.807, 2.05) is 0 Å². The fraction of sp³-hybridized carbons (Fsp3) is 0.455. The summed E-state index contributed by atoms with van der Waals surface area (Å²) >= 11 is 0. The van der Waals surface area contributed by atoms with E-state index in [0.29, 0.717) is 0 Å². The largest absolute Gasteiger partial charge is 0.508 e. The number of H-pyrrole nitrogens is 1. The van der Waals surface area contributed by atoms with Gasteiger partial charge in [-0.3, -0.25) is 14.3 Å². The SMILES string of the molecule is COC(=O)OCC(CO)OCn1cnc2c(=O)[nH]c(N)nc21. The lowest BCUT2D eigenvalue weighted by Crippen LogP contribution is -2.26. The van der Waals surface area contributed by atoms with E-state index in [-0.39, 0.29) is 37.1 Å². The van der Waals surface area contributed by atoms with Crippen LogP contribution in [0.4, 0.5) is 10.7 Å². The number of aliphatic hydroxyl groups is 1. The first kappa shape index (κ1) is 15.7. The van der Waals surface area contributed by atoms with Crippen LogP contribution in [-0.4, -0.2) is 57.2 Å². The van der Waals surface area contributed by atoms with E-state index >= 15 is 0 Å². The minimum Gasteiger partial charge on any atom is -0.438 e. The van der Waals surface area contributed by atoms with Crippen LogP contribution in [0.1, 0.15) is 0 Å². The van der Waals surface area contributed by atoms with Crippen LogP contribution in [0.3, 0.4) is 0 Å². The number of carbonyl (C=O) groups excluding carboxylic acids is 1. The van der Waals surface area contributed by atoms with E-state index in [1.165, 1.54) is 18.0 Å². The second-order valence-corrected chi connectivity index (χ2v) is 4.20. The molecule has 0 saturated carbocycles. The number of hydrogen-bond donors (Lipinski definition) is 3. The van der Waals surface area contributed by atoms with Crippen LogP contribution >= 0.6 is 0 Å². The molecule has 1 unspecified atom stereocenters. The van der Waals surface area contributed by atoms with Gasteiger partial charge in [0.25, 0.3) is 5.56 Å². The number of fused-ring (bicyclic) bond motifs is 1. The van der Waals surface area contributed by atoms with Crippen molar-refractivity contribution in [2.45, 2.75) is 12.8 Å². The molecule has 2 aromatic rings. The quantitative estimate of drug-likeness (QED) is 0.559. The van der Waals surface area contributed by atoms with Crippen LogP contribution in [0.25, 0.3) is 11.2 Å². The lowest BCUT2D eigenvalue weighted by atomic mass is 10.4. The van der Waals surface area contributed by atoms with E-state index in [4.69, 9.17) is 15.6 Å². The van der Waals surface area contributed by atoms with Crippen molar-refractivity contribution in [1.82, 2.24) is 19.5 Å². The molecule has 2 aromatic heterocycles. The normalized spacial score (nSPS) is 12.3. The summed E-state index contributed by atoms with van der Waals surface area (Å²) in [6.45, 7) is -0.631. The fourth-order valence-corrected chi connectivity index (χ4v) is 1.62. The van der Waals surface area contributed by atoms with Gasteiger partial charge in [-0.05, 0) is 0 Å². The molecule has 0 fully saturated rings. The number of nitrogen functional groups attached to an aromatic ring is 1. The molecule has 22 heavy (non-hydrogen) atoms. The molecule has 2 rings (SSSR count). The molecule has 0 aliphatic carbocycles. The minimum absolute atomic E-state index is 0.0491. The van der Waals surface area contributed by atoms with Gasteiger partial charge in [0.05, 0.1) is 20.0 Å². The van der Waals surface area contributed by atoms with Gasteiger partial charge in [-0.1, -0.05) is 0 Å². The lowest BCUT2D eigenvalue weighted by Gasteiger charge is -2.15. The first-order valence-corrected chi connectivity index (χ1v) is 6.19. The summed E-state index contributed by atoms with van der Waals surface area (Å²) in [4.78, 5) is 32.7. The summed E-state index contributed by atoms with van der Waals surface area (Å²) in [5, 5.41) is 9.17. The first-order valence-electron chi connectivity index (χ1n) is 6.19. The average Bonchev–Trinajstić information content (AvgIpc) is 2.90. The van der Waals surface area contributed by atoms with E-state index < -0.39 is 17.8 Å². The Morgan fingerprint density at radius 2 is 2.36 bits per heavy atom. The standard InChI is InChI=1S/C11H15N5O6/c1-20-11(19)21-3-6(2-17)22-5-16-4-13-7-8(16)14-10(12)15-9(7)18/h4,6,17H,2-3,5H2,1H3,(H3,12,14,15,18). The number of aliphatic hydroxyl groups excluding tert-OH is 1. The number of aromatic nitrogens is 4. The van der Waals surface area contributed by atoms with Crippen LogP contribution in [-0.2, 0) is 20.9 Å². The molecule has 0 spiro atoms. The zero-order valence-electron chi connectivity index (χ0n) is 11.7. The Kier molecular flexibility index (Phi) is 4.91. The van der Waals surface area contributed by atoms with Crippen molar-refractivity contribution in [2.75, 3.05) is 26.1 Å². The third-order valence-corrected chi connectivity index (χ3v) is 2.70. The highest BCUT2D eigenvalue weighted by molar-refractivity contribution is 5.70. The fourth-order valence-electron chi connectivity index (χ4n) is 1.62. The Balaban J connectivity index is 2.04. The number of hydrogen-bond acceptors (Lipinski definition) is 9. The molecule has 2 heterocycles. The maximum Gasteiger partial charge on any atom is 0.508 e. The number of anilines is 1. The molecule has 0 amide bonds. The van der Waals surface area contributed by atoms with Gasteiger partial charge >= 0.3 is 6.16 Å². The number of rotatable bonds is 6. The summed E-state index contributed by atoms with van der Waals surface area (Å²) in [7, 11) is 1.17. The zero-order valence-corrected chi connectivity index (χ0v) is 11.7. The lowest BCUT2D eigenvalue weighted by molar-refractivity contribution is -0.0595. The zero-order chi connectivity index (χ0) is 16.1. The third-order valence-electron chi connectivity index (χ3n) is 2.70. The van der Waals surface area contributed by atoms with Gasteiger partial charge in [0.1, 0.15) is 19.4 Å². The Labute approximate surface area is 123 Å². The van der Waals surface area contributed by atoms with Gasteiger partial charge in [-0.25, -0.2) is 9.78 Å². The molecule has 0 aliphatic heterocycles. The number of nitrogens with two attached hydrogens (primary N) is 1. The van der Waals surface area contributed by atoms with E-state index in [1.54, 1.807) is 0 Å². The predicted octanol–water partition coefficient (Wildman–Crippen LogP) is -1.18. The van der Waals surface area contributed by atoms with Crippen LogP contribution in [0.2, 0.25) is 0 Å². The van der Waals surface area contributed by atoms with Crippen molar-refractivity contribution in [1.29, 1.82) is 0 Å². The van der Waals surface area contributed by atoms with E-state index in [2.05, 4.69) is 24.4 Å². The number of methoxy groups -OCH3 is 1. The average molecular weight is 313 g/mol. The Morgan fingerprint density at radius 3 is 3.05 bits per heavy atom. The molecule has 0 bridgehead atoms. The topological polar surface area (TPSA) is 155 Å². The second-order valence-electron chi connectivity index (χ2n) is 4.20. The molecule has 0 aliphatic rings. The van der Waals surface area contributed by atoms with Gasteiger partial charge < -0.3 is 25.1 Å². The smallest absolute Gasteiger partial charge is 0.438 e. The van der Waals surface area contributed by atoms with Crippen molar-refractivity contribution < 1.29 is 24.1 Å². The highest BCUT2D eigenvalue weighted by Crippen LogP contribution is 2.07. The third kappa shape index (κ3) is 3.51. The van der Waals surface area contributed by atoms with Gasteiger partial charge in [0.2, 0.25) is 5.95 Å². The Hall–Kier alpha value is -2.66. The molecule has 11 nitrogen and oxygen atoms in total. The van der Waals surface area contributed by atoms with Crippen molar-refractivity contribution in [2.24, 2.45) is 0 Å². The summed E-state index contributed by atoms with van der Waals surface area (Å²) in [6.07, 6.45) is -0.297. The number of nitrogens with zero attached hydrogens (tertiary/aromatic N) is 3. The summed E-state index contributed by atoms with van der Waals surface area (Å²) < 4.78 is 15.8. The Bertz CT molecular complexity index is 711. The second kappa shape index (κ2) is 6.87. The van der Waals surface area contributed by atoms with Gasteiger partial charge in [-0.2, -0.15) is 4.98 Å². The van der Waals surface area contributed by atoms with Crippen LogP contribution < -0.4 is 11.3 Å². The summed E-state index contributed by atoms with van der Waals surface area (Å²) in [6, 6.07) is 0. The number of nitrogens with one attached hydrogen (secondary N) is 1. The highest BCUT2D eigenvalue weighted by Gasteiger charge is 2.14. The van der Waals surface area contributed by atoms with Crippen LogP contribution in [0, 0.1) is 0 Å². The predicted molar refractivity (Wildman–Crippen MR) is 72.9 cm³/mol. The van der Waals surface area contributed by atoms with E-state index in [0.717, 1.165) is 0 Å². The minimum atomic E-state index is -0.879. The number of ether oxygens (including phenoxy) is 3. The maximum atomic E-state index is 11.6. The molecular weight excluding hydrogens is 298 g/mol. The monoisotopic (exact) mass is 313 g/mol. The molecule has 0 radical (unpaired) electrons. The van der Waals surface area contributed by atoms with Gasteiger partial charge in [-0.15, -0.1) is 0 Å². The van der Waals surface area contributed by atoms with Crippen molar-refractivity contribution >= 4 is 23.3 Å². The molecule has 1 atom stereocenters. The van der Waals surface area contributed by atoms with Crippen molar-refractivity contribution in [3.63, 3.8) is 0 Å².